The van der Waals surface area contributed by atoms with Crippen molar-refractivity contribution in [2.24, 2.45) is 0 Å². The van der Waals surface area contributed by atoms with E-state index in [0.29, 0.717) is 5.15 Å². The maximum atomic E-state index is 6.17. The minimum absolute atomic E-state index is 0.527. The van der Waals surface area contributed by atoms with Crippen molar-refractivity contribution in [2.45, 2.75) is 6.54 Å². The second-order valence-corrected chi connectivity index (χ2v) is 4.57. The van der Waals surface area contributed by atoms with E-state index in [-0.39, 0.29) is 0 Å². The molecule has 0 bridgehead atoms. The Bertz CT molecular complexity index is 679. The molecule has 5 heteroatoms. The first-order valence-corrected chi connectivity index (χ1v) is 6.47. The zero-order chi connectivity index (χ0) is 13.1. The number of pyridine rings is 1. The van der Waals surface area contributed by atoms with Gasteiger partial charge in [-0.15, -0.1) is 0 Å². The Morgan fingerprint density at radius 3 is 2.95 bits per heavy atom. The molecule has 0 unspecified atom stereocenters. The van der Waals surface area contributed by atoms with E-state index in [4.69, 9.17) is 11.6 Å². The number of halogens is 1. The van der Waals surface area contributed by atoms with E-state index in [1.165, 1.54) is 0 Å². The number of benzene rings is 1. The van der Waals surface area contributed by atoms with Crippen molar-refractivity contribution in [3.05, 3.63) is 53.9 Å². The Labute approximate surface area is 116 Å². The highest BCUT2D eigenvalue weighted by atomic mass is 35.5. The standard InChI is InChI=1S/C14H13ClN4/c15-14-12-5-2-1-4-11(12)10-13(18-14)16-7-9-19-8-3-6-17-19/h1-6,8,10H,7,9H2,(H,16,18). The van der Waals surface area contributed by atoms with Gasteiger partial charge in [0.05, 0.1) is 6.54 Å². The molecule has 0 fully saturated rings. The second-order valence-electron chi connectivity index (χ2n) is 4.22. The molecule has 0 saturated carbocycles. The summed E-state index contributed by atoms with van der Waals surface area (Å²) in [7, 11) is 0. The molecule has 2 heterocycles. The Kier molecular flexibility index (Phi) is 3.33. The Balaban J connectivity index is 1.74. The van der Waals surface area contributed by atoms with Crippen LogP contribution in [-0.2, 0) is 6.54 Å². The van der Waals surface area contributed by atoms with Crippen LogP contribution in [0.25, 0.3) is 10.8 Å². The fourth-order valence-corrected chi connectivity index (χ4v) is 2.24. The van der Waals surface area contributed by atoms with E-state index in [1.54, 1.807) is 6.20 Å². The molecule has 0 atom stereocenters. The Morgan fingerprint density at radius 1 is 1.21 bits per heavy atom. The van der Waals surface area contributed by atoms with E-state index in [2.05, 4.69) is 15.4 Å². The van der Waals surface area contributed by atoms with Crippen molar-refractivity contribution in [1.29, 1.82) is 0 Å². The minimum Gasteiger partial charge on any atom is -0.368 e. The lowest BCUT2D eigenvalue weighted by molar-refractivity contribution is 0.637. The smallest absolute Gasteiger partial charge is 0.139 e. The Morgan fingerprint density at radius 2 is 2.11 bits per heavy atom. The zero-order valence-corrected chi connectivity index (χ0v) is 11.0. The van der Waals surface area contributed by atoms with Gasteiger partial charge in [0.25, 0.3) is 0 Å². The lowest BCUT2D eigenvalue weighted by atomic mass is 10.2. The van der Waals surface area contributed by atoms with Gasteiger partial charge in [-0.25, -0.2) is 4.98 Å². The number of hydrogen-bond donors (Lipinski definition) is 1. The molecule has 19 heavy (non-hydrogen) atoms. The van der Waals surface area contributed by atoms with Crippen molar-refractivity contribution in [3.63, 3.8) is 0 Å². The molecule has 0 saturated heterocycles. The highest BCUT2D eigenvalue weighted by molar-refractivity contribution is 6.34. The number of fused-ring (bicyclic) bond motifs is 1. The summed E-state index contributed by atoms with van der Waals surface area (Å²) in [6.45, 7) is 1.54. The van der Waals surface area contributed by atoms with Crippen LogP contribution < -0.4 is 5.32 Å². The van der Waals surface area contributed by atoms with Gasteiger partial charge in [0, 0.05) is 24.3 Å². The van der Waals surface area contributed by atoms with Gasteiger partial charge in [-0.1, -0.05) is 35.9 Å². The molecule has 1 N–H and O–H groups in total. The summed E-state index contributed by atoms with van der Waals surface area (Å²) >= 11 is 6.17. The van der Waals surface area contributed by atoms with E-state index in [9.17, 15) is 0 Å². The average molecular weight is 273 g/mol. The predicted molar refractivity (Wildman–Crippen MR) is 77.5 cm³/mol. The molecule has 2 aromatic heterocycles. The lowest BCUT2D eigenvalue weighted by Gasteiger charge is -2.08. The van der Waals surface area contributed by atoms with Crippen LogP contribution in [0.4, 0.5) is 5.82 Å². The Hall–Kier alpha value is -2.07. The zero-order valence-electron chi connectivity index (χ0n) is 10.3. The lowest BCUT2D eigenvalue weighted by Crippen LogP contribution is -2.11. The summed E-state index contributed by atoms with van der Waals surface area (Å²) in [6.07, 6.45) is 3.70. The van der Waals surface area contributed by atoms with Gasteiger partial charge in [0.1, 0.15) is 11.0 Å². The fourth-order valence-electron chi connectivity index (χ4n) is 1.98. The van der Waals surface area contributed by atoms with E-state index in [0.717, 1.165) is 29.7 Å². The van der Waals surface area contributed by atoms with Crippen molar-refractivity contribution < 1.29 is 0 Å². The number of anilines is 1. The highest BCUT2D eigenvalue weighted by Crippen LogP contribution is 2.24. The van der Waals surface area contributed by atoms with E-state index in [1.807, 2.05) is 47.3 Å². The average Bonchev–Trinajstić information content (AvgIpc) is 2.92. The minimum atomic E-state index is 0.527. The number of hydrogen-bond acceptors (Lipinski definition) is 3. The summed E-state index contributed by atoms with van der Waals surface area (Å²) in [5, 5.41) is 9.99. The van der Waals surface area contributed by atoms with Gasteiger partial charge in [0.2, 0.25) is 0 Å². The molecule has 96 valence electrons. The largest absolute Gasteiger partial charge is 0.368 e. The SMILES string of the molecule is Clc1nc(NCCn2cccn2)cc2ccccc12. The van der Waals surface area contributed by atoms with Gasteiger partial charge in [-0.2, -0.15) is 5.10 Å². The van der Waals surface area contributed by atoms with Gasteiger partial charge < -0.3 is 5.32 Å². The molecule has 3 rings (SSSR count). The van der Waals surface area contributed by atoms with Crippen LogP contribution in [-0.4, -0.2) is 21.3 Å². The van der Waals surface area contributed by atoms with Crippen LogP contribution in [0.2, 0.25) is 5.15 Å². The highest BCUT2D eigenvalue weighted by Gasteiger charge is 2.03. The molecule has 1 aromatic carbocycles. The van der Waals surface area contributed by atoms with Crippen LogP contribution >= 0.6 is 11.6 Å². The molecule has 3 aromatic rings. The first-order valence-electron chi connectivity index (χ1n) is 6.09. The topological polar surface area (TPSA) is 42.7 Å². The number of aromatic nitrogens is 3. The maximum absolute atomic E-state index is 6.17. The first kappa shape index (κ1) is 12.0. The quantitative estimate of drug-likeness (QED) is 0.742. The van der Waals surface area contributed by atoms with Crippen LogP contribution in [0.5, 0.6) is 0 Å². The van der Waals surface area contributed by atoms with E-state index < -0.39 is 0 Å². The van der Waals surface area contributed by atoms with Crippen LogP contribution in [0.3, 0.4) is 0 Å². The molecular weight excluding hydrogens is 260 g/mol. The van der Waals surface area contributed by atoms with Crippen LogP contribution in [0.1, 0.15) is 0 Å². The van der Waals surface area contributed by atoms with Gasteiger partial charge in [-0.3, -0.25) is 4.68 Å². The van der Waals surface area contributed by atoms with Gasteiger partial charge in [-0.05, 0) is 17.5 Å². The predicted octanol–water partition coefficient (Wildman–Crippen LogP) is 3.20. The maximum Gasteiger partial charge on any atom is 0.139 e. The summed E-state index contributed by atoms with van der Waals surface area (Å²) in [5.74, 6) is 0.788. The third kappa shape index (κ3) is 2.69. The number of nitrogens with one attached hydrogen (secondary N) is 1. The molecule has 0 aliphatic carbocycles. The monoisotopic (exact) mass is 272 g/mol. The molecule has 0 aliphatic rings. The van der Waals surface area contributed by atoms with Crippen molar-refractivity contribution >= 4 is 28.2 Å². The van der Waals surface area contributed by atoms with Gasteiger partial charge in [0.15, 0.2) is 0 Å². The van der Waals surface area contributed by atoms with Crippen LogP contribution in [0, 0.1) is 0 Å². The molecule has 0 amide bonds. The normalized spacial score (nSPS) is 10.8. The van der Waals surface area contributed by atoms with Crippen molar-refractivity contribution in [3.8, 4) is 0 Å². The fraction of sp³-hybridized carbons (Fsp3) is 0.143. The van der Waals surface area contributed by atoms with Crippen molar-refractivity contribution in [2.75, 3.05) is 11.9 Å². The van der Waals surface area contributed by atoms with E-state index >= 15 is 0 Å². The molecule has 0 aliphatic heterocycles. The first-order chi connectivity index (χ1) is 9.33. The molecule has 0 spiro atoms. The number of rotatable bonds is 4. The van der Waals surface area contributed by atoms with Gasteiger partial charge >= 0.3 is 0 Å². The third-order valence-electron chi connectivity index (χ3n) is 2.90. The summed E-state index contributed by atoms with van der Waals surface area (Å²) in [5.41, 5.74) is 0. The third-order valence-corrected chi connectivity index (χ3v) is 3.19. The summed E-state index contributed by atoms with van der Waals surface area (Å²) < 4.78 is 1.87. The van der Waals surface area contributed by atoms with Crippen LogP contribution in [0.15, 0.2) is 48.8 Å². The molecular formula is C14H13ClN4. The second kappa shape index (κ2) is 5.28. The number of nitrogens with zero attached hydrogens (tertiary/aromatic N) is 3. The summed E-state index contributed by atoms with van der Waals surface area (Å²) in [6, 6.07) is 11.9. The summed E-state index contributed by atoms with van der Waals surface area (Å²) in [4.78, 5) is 4.34. The molecule has 0 radical (unpaired) electrons. The molecule has 4 nitrogen and oxygen atoms in total. The van der Waals surface area contributed by atoms with Crippen molar-refractivity contribution in [1.82, 2.24) is 14.8 Å².